The number of nitrogens with zero attached hydrogens (tertiary/aromatic N) is 1. The zero-order valence-corrected chi connectivity index (χ0v) is 13.7. The van der Waals surface area contributed by atoms with E-state index in [0.717, 1.165) is 30.8 Å². The van der Waals surface area contributed by atoms with Crippen LogP contribution in [0.25, 0.3) is 0 Å². The Bertz CT molecular complexity index is 445. The van der Waals surface area contributed by atoms with Gasteiger partial charge in [-0.3, -0.25) is 0 Å². The number of nitrogens with one attached hydrogen (secondary N) is 1. The maximum Gasteiger partial charge on any atom is 0.129 e. The van der Waals surface area contributed by atoms with Crippen LogP contribution < -0.4 is 10.2 Å². The summed E-state index contributed by atoms with van der Waals surface area (Å²) in [6.45, 7) is 9.18. The smallest absolute Gasteiger partial charge is 0.129 e. The molecule has 1 fully saturated rings. The first-order valence-corrected chi connectivity index (χ1v) is 8.38. The molecule has 0 saturated carbocycles. The molecular weight excluding hydrogens is 263 g/mol. The minimum absolute atomic E-state index is 0.0795. The van der Waals surface area contributed by atoms with Crippen LogP contribution in [0.2, 0.25) is 0 Å². The zero-order chi connectivity index (χ0) is 15.2. The second-order valence-corrected chi connectivity index (χ2v) is 6.51. The minimum Gasteiger partial charge on any atom is -0.368 e. The number of halogens is 1. The summed E-state index contributed by atoms with van der Waals surface area (Å²) in [5.41, 5.74) is 1.93. The van der Waals surface area contributed by atoms with Crippen LogP contribution in [0.5, 0.6) is 0 Å². The van der Waals surface area contributed by atoms with Crippen molar-refractivity contribution < 1.29 is 4.39 Å². The van der Waals surface area contributed by atoms with Crippen LogP contribution in [0, 0.1) is 11.7 Å². The van der Waals surface area contributed by atoms with Gasteiger partial charge in [0.2, 0.25) is 0 Å². The van der Waals surface area contributed by atoms with Crippen molar-refractivity contribution in [3.05, 3.63) is 29.6 Å². The lowest BCUT2D eigenvalue weighted by Gasteiger charge is -2.38. The first-order valence-electron chi connectivity index (χ1n) is 8.38. The lowest BCUT2D eigenvalue weighted by atomic mass is 9.97. The highest BCUT2D eigenvalue weighted by atomic mass is 19.1. The summed E-state index contributed by atoms with van der Waals surface area (Å²) in [7, 11) is 0. The molecule has 1 aliphatic rings. The molecule has 1 aliphatic heterocycles. The van der Waals surface area contributed by atoms with Gasteiger partial charge in [-0.15, -0.1) is 0 Å². The number of rotatable bonds is 6. The van der Waals surface area contributed by atoms with Crippen molar-refractivity contribution in [2.24, 2.45) is 5.92 Å². The second-order valence-electron chi connectivity index (χ2n) is 6.51. The first kappa shape index (κ1) is 16.3. The summed E-state index contributed by atoms with van der Waals surface area (Å²) in [5, 5.41) is 3.39. The fourth-order valence-electron chi connectivity index (χ4n) is 3.22. The number of benzene rings is 1. The van der Waals surface area contributed by atoms with E-state index in [9.17, 15) is 4.39 Å². The molecule has 21 heavy (non-hydrogen) atoms. The maximum absolute atomic E-state index is 14.3. The van der Waals surface area contributed by atoms with E-state index in [4.69, 9.17) is 0 Å². The van der Waals surface area contributed by atoms with Gasteiger partial charge in [-0.1, -0.05) is 26.8 Å². The predicted octanol–water partition coefficient (Wildman–Crippen LogP) is 4.34. The van der Waals surface area contributed by atoms with E-state index < -0.39 is 0 Å². The van der Waals surface area contributed by atoms with Crippen molar-refractivity contribution in [1.82, 2.24) is 5.32 Å². The molecule has 1 atom stereocenters. The van der Waals surface area contributed by atoms with Gasteiger partial charge in [0.25, 0.3) is 0 Å². The summed E-state index contributed by atoms with van der Waals surface area (Å²) in [6.07, 6.45) is 4.87. The Hall–Kier alpha value is -1.09. The normalized spacial score (nSPS) is 19.3. The van der Waals surface area contributed by atoms with Gasteiger partial charge >= 0.3 is 0 Å². The van der Waals surface area contributed by atoms with E-state index in [1.165, 1.54) is 19.3 Å². The predicted molar refractivity (Wildman–Crippen MR) is 88.2 cm³/mol. The molecule has 0 aromatic heterocycles. The molecule has 0 aliphatic carbocycles. The molecule has 1 N–H and O–H groups in total. The quantitative estimate of drug-likeness (QED) is 0.839. The Labute approximate surface area is 128 Å². The third-order valence-electron chi connectivity index (χ3n) is 4.36. The molecule has 0 bridgehead atoms. The number of piperidine rings is 1. The number of hydrogen-bond donors (Lipinski definition) is 1. The standard InChI is InChI=1S/C18H29FN2/c1-4-15-8-5-6-11-21(15)18-10-7-9-17(19)16(18)13-20-12-14(2)3/h7,9-10,14-15,20H,4-6,8,11-13H2,1-3H3. The third kappa shape index (κ3) is 4.19. The highest BCUT2D eigenvalue weighted by Gasteiger charge is 2.24. The van der Waals surface area contributed by atoms with Crippen LogP contribution in [0.3, 0.4) is 0 Å². The van der Waals surface area contributed by atoms with Crippen LogP contribution >= 0.6 is 0 Å². The molecule has 1 aromatic rings. The zero-order valence-electron chi connectivity index (χ0n) is 13.7. The maximum atomic E-state index is 14.3. The van der Waals surface area contributed by atoms with Crippen molar-refractivity contribution in [2.45, 2.75) is 59.0 Å². The van der Waals surface area contributed by atoms with Crippen LogP contribution in [0.1, 0.15) is 52.0 Å². The highest BCUT2D eigenvalue weighted by molar-refractivity contribution is 5.55. The van der Waals surface area contributed by atoms with Crippen molar-refractivity contribution in [3.8, 4) is 0 Å². The van der Waals surface area contributed by atoms with Crippen LogP contribution in [0.4, 0.5) is 10.1 Å². The molecule has 2 nitrogen and oxygen atoms in total. The minimum atomic E-state index is -0.0795. The number of hydrogen-bond acceptors (Lipinski definition) is 2. The van der Waals surface area contributed by atoms with Gasteiger partial charge < -0.3 is 10.2 Å². The highest BCUT2D eigenvalue weighted by Crippen LogP contribution is 2.30. The van der Waals surface area contributed by atoms with Crippen LogP contribution in [-0.2, 0) is 6.54 Å². The van der Waals surface area contributed by atoms with Gasteiger partial charge in [-0.25, -0.2) is 4.39 Å². The molecule has 3 heteroatoms. The molecule has 0 spiro atoms. The average molecular weight is 292 g/mol. The second kappa shape index (κ2) is 7.79. The third-order valence-corrected chi connectivity index (χ3v) is 4.36. The Morgan fingerprint density at radius 1 is 1.33 bits per heavy atom. The molecule has 1 heterocycles. The van der Waals surface area contributed by atoms with E-state index in [0.29, 0.717) is 18.5 Å². The fourth-order valence-corrected chi connectivity index (χ4v) is 3.22. The topological polar surface area (TPSA) is 15.3 Å². The summed E-state index contributed by atoms with van der Waals surface area (Å²) >= 11 is 0. The summed E-state index contributed by atoms with van der Waals surface area (Å²) < 4.78 is 14.3. The van der Waals surface area contributed by atoms with E-state index in [-0.39, 0.29) is 5.82 Å². The molecular formula is C18H29FN2. The molecule has 0 amide bonds. The first-order chi connectivity index (χ1) is 10.1. The van der Waals surface area contributed by atoms with E-state index in [1.54, 1.807) is 6.07 Å². The Morgan fingerprint density at radius 3 is 2.86 bits per heavy atom. The summed E-state index contributed by atoms with van der Waals surface area (Å²) in [5.74, 6) is 0.503. The molecule has 0 radical (unpaired) electrons. The SMILES string of the molecule is CCC1CCCCN1c1cccc(F)c1CNCC(C)C. The average Bonchev–Trinajstić information content (AvgIpc) is 2.48. The summed E-state index contributed by atoms with van der Waals surface area (Å²) in [4.78, 5) is 2.43. The molecule has 1 unspecified atom stereocenters. The monoisotopic (exact) mass is 292 g/mol. The van der Waals surface area contributed by atoms with Crippen molar-refractivity contribution in [2.75, 3.05) is 18.0 Å². The number of anilines is 1. The Balaban J connectivity index is 2.19. The van der Waals surface area contributed by atoms with Gasteiger partial charge in [0.05, 0.1) is 0 Å². The van der Waals surface area contributed by atoms with Gasteiger partial charge in [0.15, 0.2) is 0 Å². The van der Waals surface area contributed by atoms with E-state index in [2.05, 4.69) is 37.1 Å². The Kier molecular flexibility index (Phi) is 6.04. The van der Waals surface area contributed by atoms with Crippen LogP contribution in [0.15, 0.2) is 18.2 Å². The molecule has 1 saturated heterocycles. The van der Waals surface area contributed by atoms with E-state index >= 15 is 0 Å². The fraction of sp³-hybridized carbons (Fsp3) is 0.667. The lowest BCUT2D eigenvalue weighted by molar-refractivity contribution is 0.446. The summed E-state index contributed by atoms with van der Waals surface area (Å²) in [6, 6.07) is 6.08. The largest absolute Gasteiger partial charge is 0.368 e. The van der Waals surface area contributed by atoms with Crippen molar-refractivity contribution in [1.29, 1.82) is 0 Å². The lowest BCUT2D eigenvalue weighted by Crippen LogP contribution is -2.40. The molecule has 118 valence electrons. The molecule has 2 rings (SSSR count). The Morgan fingerprint density at radius 2 is 2.14 bits per heavy atom. The van der Waals surface area contributed by atoms with Crippen molar-refractivity contribution >= 4 is 5.69 Å². The van der Waals surface area contributed by atoms with E-state index in [1.807, 2.05) is 6.07 Å². The molecule has 1 aromatic carbocycles. The van der Waals surface area contributed by atoms with Gasteiger partial charge in [-0.2, -0.15) is 0 Å². The van der Waals surface area contributed by atoms with Gasteiger partial charge in [-0.05, 0) is 50.3 Å². The van der Waals surface area contributed by atoms with Crippen molar-refractivity contribution in [3.63, 3.8) is 0 Å². The van der Waals surface area contributed by atoms with Gasteiger partial charge in [0, 0.05) is 30.4 Å². The van der Waals surface area contributed by atoms with Gasteiger partial charge in [0.1, 0.15) is 5.82 Å². The van der Waals surface area contributed by atoms with Crippen LogP contribution in [-0.4, -0.2) is 19.1 Å².